The highest BCUT2D eigenvalue weighted by Gasteiger charge is 2.53. The van der Waals surface area contributed by atoms with E-state index in [1.165, 1.54) is 16.7 Å². The Kier molecular flexibility index (Phi) is 4.84. The van der Waals surface area contributed by atoms with Gasteiger partial charge in [-0.05, 0) is 25.2 Å². The zero-order chi connectivity index (χ0) is 15.8. The fraction of sp³-hybridized carbons (Fsp3) is 0.583. The number of thioether (sulfide) groups is 1. The first-order valence-electron chi connectivity index (χ1n) is 6.46. The smallest absolute Gasteiger partial charge is 0.341 e. The van der Waals surface area contributed by atoms with Crippen LogP contribution in [0.3, 0.4) is 0 Å². The summed E-state index contributed by atoms with van der Waals surface area (Å²) >= 11 is 4.90. The first kappa shape index (κ1) is 16.6. The lowest BCUT2D eigenvalue weighted by molar-refractivity contribution is -0.149. The molecule has 0 spiro atoms. The number of rotatable bonds is 5. The number of nitrogens with zero attached hydrogens (tertiary/aromatic N) is 1. The molecule has 1 fully saturated rings. The zero-order valence-electron chi connectivity index (χ0n) is 12.0. The first-order chi connectivity index (χ1) is 9.80. The number of β-lactam (4-membered cyclic amide) rings is 1. The SMILES string of the molecule is C[Si](C)(C)OC(=O)C1=C(CBr)CS[C@@H]2C(NC=O)C(=O)N12. The van der Waals surface area contributed by atoms with Gasteiger partial charge in [0.2, 0.25) is 14.7 Å². The molecule has 6 nitrogen and oxygen atoms in total. The quantitative estimate of drug-likeness (QED) is 0.327. The van der Waals surface area contributed by atoms with E-state index in [2.05, 4.69) is 21.2 Å². The minimum absolute atomic E-state index is 0.227. The summed E-state index contributed by atoms with van der Waals surface area (Å²) in [7, 11) is -2.04. The first-order valence-corrected chi connectivity index (χ1v) is 12.0. The van der Waals surface area contributed by atoms with Crippen molar-refractivity contribution in [2.75, 3.05) is 11.1 Å². The van der Waals surface area contributed by atoms with Crippen molar-refractivity contribution >= 4 is 54.3 Å². The van der Waals surface area contributed by atoms with Crippen LogP contribution < -0.4 is 5.32 Å². The van der Waals surface area contributed by atoms with Crippen LogP contribution in [0, 0.1) is 0 Å². The van der Waals surface area contributed by atoms with Gasteiger partial charge < -0.3 is 9.74 Å². The number of halogens is 1. The number of hydrogen-bond donors (Lipinski definition) is 1. The normalized spacial score (nSPS) is 25.1. The standard InChI is InChI=1S/C12H17BrN2O4SSi/c1-21(2,3)19-12(18)9-7(4-13)5-20-11-8(14-6-16)10(17)15(9)11/h6,8,11H,4-5H2,1-3H3,(H,14,16)/t8?,11-/m1/s1. The molecule has 2 aliphatic rings. The third-order valence-electron chi connectivity index (χ3n) is 3.05. The van der Waals surface area contributed by atoms with Gasteiger partial charge in [0.1, 0.15) is 17.1 Å². The summed E-state index contributed by atoms with van der Waals surface area (Å²) in [6.07, 6.45) is 0.518. The van der Waals surface area contributed by atoms with Crippen LogP contribution in [0.1, 0.15) is 0 Å². The highest BCUT2D eigenvalue weighted by atomic mass is 79.9. The number of alkyl halides is 1. The molecule has 21 heavy (non-hydrogen) atoms. The van der Waals surface area contributed by atoms with E-state index in [0.29, 0.717) is 23.2 Å². The number of hydrogen-bond acceptors (Lipinski definition) is 5. The maximum Gasteiger partial charge on any atom is 0.341 e. The molecule has 1 unspecified atom stereocenters. The van der Waals surface area contributed by atoms with Gasteiger partial charge >= 0.3 is 5.97 Å². The van der Waals surface area contributed by atoms with E-state index in [9.17, 15) is 14.4 Å². The van der Waals surface area contributed by atoms with Crippen molar-refractivity contribution < 1.29 is 18.8 Å². The van der Waals surface area contributed by atoms with Crippen molar-refractivity contribution in [3.8, 4) is 0 Å². The van der Waals surface area contributed by atoms with Gasteiger partial charge in [0, 0.05) is 11.1 Å². The van der Waals surface area contributed by atoms with E-state index in [1.807, 2.05) is 19.6 Å². The molecule has 2 rings (SSSR count). The zero-order valence-corrected chi connectivity index (χ0v) is 15.4. The van der Waals surface area contributed by atoms with Crippen LogP contribution in [0.4, 0.5) is 0 Å². The van der Waals surface area contributed by atoms with Crippen molar-refractivity contribution in [1.29, 1.82) is 0 Å². The highest BCUT2D eigenvalue weighted by Crippen LogP contribution is 2.41. The molecule has 2 aliphatic heterocycles. The second-order valence-corrected chi connectivity index (χ2v) is 11.9. The van der Waals surface area contributed by atoms with Gasteiger partial charge in [-0.3, -0.25) is 14.5 Å². The Balaban J connectivity index is 2.27. The van der Waals surface area contributed by atoms with Crippen LogP contribution in [-0.4, -0.2) is 54.0 Å². The van der Waals surface area contributed by atoms with Gasteiger partial charge in [-0.1, -0.05) is 15.9 Å². The van der Waals surface area contributed by atoms with Crippen LogP contribution in [-0.2, 0) is 18.8 Å². The monoisotopic (exact) mass is 392 g/mol. The van der Waals surface area contributed by atoms with Crippen LogP contribution in [0.5, 0.6) is 0 Å². The molecule has 1 N–H and O–H groups in total. The minimum atomic E-state index is -2.04. The van der Waals surface area contributed by atoms with Crippen molar-refractivity contribution in [2.45, 2.75) is 31.1 Å². The molecule has 0 bridgehead atoms. The van der Waals surface area contributed by atoms with E-state index in [-0.39, 0.29) is 11.3 Å². The summed E-state index contributed by atoms with van der Waals surface area (Å²) in [6.45, 7) is 5.76. The van der Waals surface area contributed by atoms with Crippen molar-refractivity contribution in [2.24, 2.45) is 0 Å². The van der Waals surface area contributed by atoms with Gasteiger partial charge in [0.05, 0.1) is 0 Å². The lowest BCUT2D eigenvalue weighted by atomic mass is 10.0. The second-order valence-electron chi connectivity index (χ2n) is 5.76. The molecule has 0 aromatic rings. The summed E-state index contributed by atoms with van der Waals surface area (Å²) in [6, 6.07) is -0.556. The van der Waals surface area contributed by atoms with Gasteiger partial charge in [-0.25, -0.2) is 4.79 Å². The summed E-state index contributed by atoms with van der Waals surface area (Å²) < 4.78 is 5.53. The highest BCUT2D eigenvalue weighted by molar-refractivity contribution is 9.09. The molecule has 9 heteroatoms. The Morgan fingerprint density at radius 1 is 1.57 bits per heavy atom. The largest absolute Gasteiger partial charge is 0.515 e. The average molecular weight is 393 g/mol. The molecule has 0 saturated carbocycles. The number of nitrogens with one attached hydrogen (secondary N) is 1. The lowest BCUT2D eigenvalue weighted by Crippen LogP contribution is -2.69. The Morgan fingerprint density at radius 3 is 2.76 bits per heavy atom. The van der Waals surface area contributed by atoms with Crippen LogP contribution in [0.15, 0.2) is 11.3 Å². The summed E-state index contributed by atoms with van der Waals surface area (Å²) in [5, 5.41) is 2.79. The van der Waals surface area contributed by atoms with E-state index < -0.39 is 20.3 Å². The molecule has 0 aromatic heterocycles. The minimum Gasteiger partial charge on any atom is -0.515 e. The van der Waals surface area contributed by atoms with Crippen molar-refractivity contribution in [3.63, 3.8) is 0 Å². The molecule has 116 valence electrons. The number of carbonyl (C=O) groups excluding carboxylic acids is 3. The molecule has 2 heterocycles. The summed E-state index contributed by atoms with van der Waals surface area (Å²) in [5.41, 5.74) is 1.18. The van der Waals surface area contributed by atoms with Crippen molar-refractivity contribution in [1.82, 2.24) is 10.2 Å². The Labute approximate surface area is 136 Å². The lowest BCUT2D eigenvalue weighted by Gasteiger charge is -2.49. The molecule has 1 saturated heterocycles. The maximum atomic E-state index is 12.4. The molecule has 2 atom stereocenters. The predicted molar refractivity (Wildman–Crippen MR) is 86.3 cm³/mol. The van der Waals surface area contributed by atoms with Gasteiger partial charge in [0.15, 0.2) is 0 Å². The van der Waals surface area contributed by atoms with Gasteiger partial charge in [-0.15, -0.1) is 11.8 Å². The van der Waals surface area contributed by atoms with Crippen LogP contribution in [0.25, 0.3) is 0 Å². The van der Waals surface area contributed by atoms with Crippen LogP contribution >= 0.6 is 27.7 Å². The summed E-state index contributed by atoms with van der Waals surface area (Å²) in [5.74, 6) is -0.0700. The van der Waals surface area contributed by atoms with E-state index in [1.54, 1.807) is 0 Å². The molecule has 0 radical (unpaired) electrons. The summed E-state index contributed by atoms with van der Waals surface area (Å²) in [4.78, 5) is 36.6. The Hall–Kier alpha value is -0.803. The second kappa shape index (κ2) is 6.13. The molecule has 0 aliphatic carbocycles. The third-order valence-corrected chi connectivity index (χ3v) is 5.86. The maximum absolute atomic E-state index is 12.4. The van der Waals surface area contributed by atoms with Gasteiger partial charge in [-0.2, -0.15) is 0 Å². The van der Waals surface area contributed by atoms with Crippen molar-refractivity contribution in [3.05, 3.63) is 11.3 Å². The average Bonchev–Trinajstić information content (AvgIpc) is 2.40. The fourth-order valence-electron chi connectivity index (χ4n) is 2.19. The number of fused-ring (bicyclic) bond motifs is 1. The third kappa shape index (κ3) is 3.19. The number of amides is 2. The number of carbonyl (C=O) groups is 3. The predicted octanol–water partition coefficient (Wildman–Crippen LogP) is 1.04. The Morgan fingerprint density at radius 2 is 2.24 bits per heavy atom. The van der Waals surface area contributed by atoms with E-state index in [0.717, 1.165) is 5.57 Å². The molecule has 0 aromatic carbocycles. The Bertz CT molecular complexity index is 520. The van der Waals surface area contributed by atoms with E-state index in [4.69, 9.17) is 4.43 Å². The fourth-order valence-corrected chi connectivity index (χ4v) is 4.93. The molecular weight excluding hydrogens is 376 g/mol. The molecular formula is C12H17BrN2O4SSi. The molecule has 2 amide bonds. The van der Waals surface area contributed by atoms with Crippen LogP contribution in [0.2, 0.25) is 19.6 Å². The van der Waals surface area contributed by atoms with E-state index >= 15 is 0 Å². The topological polar surface area (TPSA) is 75.7 Å². The van der Waals surface area contributed by atoms with Gasteiger partial charge in [0.25, 0.3) is 5.91 Å².